The van der Waals surface area contributed by atoms with E-state index in [4.69, 9.17) is 4.98 Å². The summed E-state index contributed by atoms with van der Waals surface area (Å²) in [6.45, 7) is 3.94. The first-order valence-corrected chi connectivity index (χ1v) is 15.2. The average molecular weight is 583 g/mol. The Balaban J connectivity index is 1.40. The molecular formula is C25H30N10O3S2. The first-order valence-electron chi connectivity index (χ1n) is 12.7. The van der Waals surface area contributed by atoms with Crippen LogP contribution in [0.1, 0.15) is 32.7 Å². The maximum Gasteiger partial charge on any atom is 0.228 e. The van der Waals surface area contributed by atoms with E-state index in [-0.39, 0.29) is 37.2 Å². The third-order valence-corrected chi connectivity index (χ3v) is 9.72. The smallest absolute Gasteiger partial charge is 0.228 e. The van der Waals surface area contributed by atoms with Crippen molar-refractivity contribution in [3.8, 4) is 17.3 Å². The summed E-state index contributed by atoms with van der Waals surface area (Å²) < 4.78 is 30.3. The molecule has 4 aromatic rings. The van der Waals surface area contributed by atoms with E-state index in [9.17, 15) is 18.5 Å². The summed E-state index contributed by atoms with van der Waals surface area (Å²) in [4.78, 5) is 23.1. The van der Waals surface area contributed by atoms with E-state index in [1.807, 2.05) is 30.8 Å². The van der Waals surface area contributed by atoms with Gasteiger partial charge in [-0.3, -0.25) is 14.2 Å². The Morgan fingerprint density at radius 1 is 1.25 bits per heavy atom. The molecule has 1 N–H and O–H groups in total. The Bertz CT molecular complexity index is 1690. The number of nitrogens with one attached hydrogen (secondary N) is 1. The Morgan fingerprint density at radius 3 is 2.73 bits per heavy atom. The van der Waals surface area contributed by atoms with E-state index in [1.165, 1.54) is 15.6 Å². The van der Waals surface area contributed by atoms with Gasteiger partial charge in [0.1, 0.15) is 5.54 Å². The molecule has 0 bridgehead atoms. The number of sulfonamides is 1. The molecule has 40 heavy (non-hydrogen) atoms. The van der Waals surface area contributed by atoms with Gasteiger partial charge in [0.15, 0.2) is 0 Å². The summed E-state index contributed by atoms with van der Waals surface area (Å²) in [5.74, 6) is 0.409. The van der Waals surface area contributed by atoms with E-state index < -0.39 is 15.6 Å². The molecular weight excluding hydrogens is 552 g/mol. The fourth-order valence-electron chi connectivity index (χ4n) is 4.60. The second-order valence-electron chi connectivity index (χ2n) is 10.1. The average Bonchev–Trinajstić information content (AvgIpc) is 3.66. The zero-order chi connectivity index (χ0) is 28.7. The number of hydrogen-bond donors (Lipinski definition) is 1. The maximum absolute atomic E-state index is 12.3. The number of nitriles is 1. The van der Waals surface area contributed by atoms with Crippen LogP contribution in [-0.2, 0) is 20.4 Å². The predicted molar refractivity (Wildman–Crippen MR) is 151 cm³/mol. The van der Waals surface area contributed by atoms with Crippen molar-refractivity contribution in [1.82, 2.24) is 38.7 Å². The molecule has 1 unspecified atom stereocenters. The number of thiophene rings is 1. The summed E-state index contributed by atoms with van der Waals surface area (Å²) >= 11 is 1.51. The van der Waals surface area contributed by atoms with Crippen LogP contribution in [0.4, 0.5) is 11.6 Å². The molecule has 1 aliphatic heterocycles. The molecule has 1 aliphatic rings. The molecule has 15 heteroatoms. The highest BCUT2D eigenvalue weighted by atomic mass is 32.2. The van der Waals surface area contributed by atoms with Gasteiger partial charge in [-0.25, -0.2) is 18.4 Å². The fourth-order valence-corrected chi connectivity index (χ4v) is 6.68. The van der Waals surface area contributed by atoms with Crippen molar-refractivity contribution in [2.45, 2.75) is 38.3 Å². The Hall–Kier alpha value is -3.87. The number of nitrogens with zero attached hydrogens (tertiary/aromatic N) is 9. The standard InChI is InChI=1S/C25H30N10O3S2/c1-5-40(37,38)33-15-25(16-33,7-8-26)35-13-18(11-28-35)22-23-20(6-9-39-23)30-24(31-22)29-19-12-27-34(14-19)17(2)10-21(36)32(3)4/h6,9,11-14,17H,5,7,10,15-16H2,1-4H3,(H,29,30,31). The molecule has 0 spiro atoms. The minimum Gasteiger partial charge on any atom is -0.349 e. The highest BCUT2D eigenvalue weighted by molar-refractivity contribution is 7.89. The van der Waals surface area contributed by atoms with E-state index >= 15 is 0 Å². The second-order valence-corrected chi connectivity index (χ2v) is 13.3. The van der Waals surface area contributed by atoms with Crippen molar-refractivity contribution in [3.05, 3.63) is 36.2 Å². The fraction of sp³-hybridized carbons (Fsp3) is 0.440. The number of rotatable bonds is 10. The quantitative estimate of drug-likeness (QED) is 0.297. The predicted octanol–water partition coefficient (Wildman–Crippen LogP) is 2.81. The number of carbonyl (C=O) groups is 1. The molecule has 0 saturated carbocycles. The number of amides is 1. The summed E-state index contributed by atoms with van der Waals surface area (Å²) in [5, 5.41) is 23.6. The number of anilines is 2. The summed E-state index contributed by atoms with van der Waals surface area (Å²) in [6, 6.07) is 3.98. The molecule has 5 rings (SSSR count). The largest absolute Gasteiger partial charge is 0.349 e. The number of carbonyl (C=O) groups excluding carboxylic acids is 1. The van der Waals surface area contributed by atoms with E-state index in [0.717, 1.165) is 15.8 Å². The van der Waals surface area contributed by atoms with Crippen LogP contribution >= 0.6 is 11.3 Å². The highest BCUT2D eigenvalue weighted by Crippen LogP contribution is 2.37. The third-order valence-electron chi connectivity index (χ3n) is 7.03. The first kappa shape index (κ1) is 27.7. The molecule has 13 nitrogen and oxygen atoms in total. The van der Waals surface area contributed by atoms with Gasteiger partial charge in [-0.05, 0) is 25.3 Å². The molecule has 0 aliphatic carbocycles. The minimum absolute atomic E-state index is 0.0130. The molecule has 1 atom stereocenters. The van der Waals surface area contributed by atoms with Crippen LogP contribution < -0.4 is 5.32 Å². The van der Waals surface area contributed by atoms with Gasteiger partial charge >= 0.3 is 0 Å². The van der Waals surface area contributed by atoms with Crippen molar-refractivity contribution < 1.29 is 13.2 Å². The van der Waals surface area contributed by atoms with E-state index in [1.54, 1.807) is 47.7 Å². The van der Waals surface area contributed by atoms with Crippen LogP contribution in [0.3, 0.4) is 0 Å². The molecule has 1 saturated heterocycles. The van der Waals surface area contributed by atoms with Crippen LogP contribution in [0.25, 0.3) is 21.5 Å². The maximum atomic E-state index is 12.3. The number of fused-ring (bicyclic) bond motifs is 1. The molecule has 4 aromatic heterocycles. The van der Waals surface area contributed by atoms with Crippen molar-refractivity contribution in [2.75, 3.05) is 38.3 Å². The van der Waals surface area contributed by atoms with Gasteiger partial charge in [0, 0.05) is 51.6 Å². The molecule has 210 valence electrons. The monoisotopic (exact) mass is 582 g/mol. The number of hydrogen-bond acceptors (Lipinski definition) is 10. The summed E-state index contributed by atoms with van der Waals surface area (Å²) in [5.41, 5.74) is 2.13. The molecule has 1 fully saturated rings. The van der Waals surface area contributed by atoms with Crippen LogP contribution in [0.15, 0.2) is 36.2 Å². The topological polar surface area (TPSA) is 155 Å². The van der Waals surface area contributed by atoms with Crippen LogP contribution in [0.5, 0.6) is 0 Å². The normalized spacial score (nSPS) is 15.9. The zero-order valence-electron chi connectivity index (χ0n) is 22.6. The molecule has 5 heterocycles. The molecule has 0 aromatic carbocycles. The van der Waals surface area contributed by atoms with Gasteiger partial charge in [0.05, 0.1) is 58.3 Å². The lowest BCUT2D eigenvalue weighted by Gasteiger charge is -2.47. The lowest BCUT2D eigenvalue weighted by Crippen LogP contribution is -2.64. The van der Waals surface area contributed by atoms with E-state index in [2.05, 4.69) is 26.6 Å². The van der Waals surface area contributed by atoms with Crippen LogP contribution in [0, 0.1) is 11.3 Å². The molecule has 0 radical (unpaired) electrons. The van der Waals surface area contributed by atoms with Crippen molar-refractivity contribution in [3.63, 3.8) is 0 Å². The van der Waals surface area contributed by atoms with E-state index in [0.29, 0.717) is 23.8 Å². The summed E-state index contributed by atoms with van der Waals surface area (Å²) in [6.07, 6.45) is 7.44. The summed E-state index contributed by atoms with van der Waals surface area (Å²) in [7, 11) is 0.111. The third kappa shape index (κ3) is 5.17. The lowest BCUT2D eigenvalue weighted by molar-refractivity contribution is -0.129. The van der Waals surface area contributed by atoms with Gasteiger partial charge in [0.25, 0.3) is 0 Å². The van der Waals surface area contributed by atoms with Gasteiger partial charge in [-0.1, -0.05) is 0 Å². The molecule has 1 amide bonds. The van der Waals surface area contributed by atoms with Gasteiger partial charge in [-0.2, -0.15) is 19.8 Å². The second kappa shape index (κ2) is 10.6. The minimum atomic E-state index is -3.34. The Morgan fingerprint density at radius 2 is 2.02 bits per heavy atom. The van der Waals surface area contributed by atoms with Crippen LogP contribution in [0.2, 0.25) is 0 Å². The Labute approximate surface area is 236 Å². The SMILES string of the molecule is CCS(=O)(=O)N1CC(CC#N)(n2cc(-c3nc(Nc4cnn(C(C)CC(=O)N(C)C)c4)nc4ccsc34)cn2)C1. The van der Waals surface area contributed by atoms with Crippen molar-refractivity contribution in [1.29, 1.82) is 5.26 Å². The first-order chi connectivity index (χ1) is 19.0. The van der Waals surface area contributed by atoms with Crippen LogP contribution in [-0.4, -0.2) is 86.0 Å². The van der Waals surface area contributed by atoms with Crippen molar-refractivity contribution >= 4 is 49.1 Å². The number of aromatic nitrogens is 6. The van der Waals surface area contributed by atoms with Gasteiger partial charge in [-0.15, -0.1) is 11.3 Å². The Kier molecular flexibility index (Phi) is 7.34. The van der Waals surface area contributed by atoms with Gasteiger partial charge in [0.2, 0.25) is 21.9 Å². The highest BCUT2D eigenvalue weighted by Gasteiger charge is 2.49. The zero-order valence-corrected chi connectivity index (χ0v) is 24.3. The lowest BCUT2D eigenvalue weighted by atomic mass is 9.89. The van der Waals surface area contributed by atoms with Gasteiger partial charge < -0.3 is 10.2 Å². The van der Waals surface area contributed by atoms with Crippen molar-refractivity contribution in [2.24, 2.45) is 0 Å².